The molecule has 1 aromatic heterocycles. The fourth-order valence-corrected chi connectivity index (χ4v) is 0.723. The van der Waals surface area contributed by atoms with E-state index in [1.54, 1.807) is 19.4 Å². The van der Waals surface area contributed by atoms with Crippen molar-refractivity contribution in [2.45, 2.75) is 6.92 Å². The topological polar surface area (TPSA) is 68.2 Å². The van der Waals surface area contributed by atoms with Crippen molar-refractivity contribution in [3.8, 4) is 0 Å². The largest absolute Gasteiger partial charge is 0.336 e. The van der Waals surface area contributed by atoms with Crippen LogP contribution in [-0.4, -0.2) is 16.7 Å². The third-order valence-electron chi connectivity index (χ3n) is 1.17. The van der Waals surface area contributed by atoms with E-state index in [1.165, 1.54) is 4.68 Å². The second-order valence-electron chi connectivity index (χ2n) is 2.17. The van der Waals surface area contributed by atoms with Gasteiger partial charge in [0.15, 0.2) is 0 Å². The Morgan fingerprint density at radius 3 is 3.00 bits per heavy atom. The molecule has 0 aliphatic heterocycles. The van der Waals surface area contributed by atoms with E-state index in [2.05, 4.69) is 15.5 Å². The molecule has 5 heteroatoms. The number of rotatable bonds is 1. The third-order valence-corrected chi connectivity index (χ3v) is 1.17. The second kappa shape index (κ2) is 3.05. The highest BCUT2D eigenvalue weighted by molar-refractivity contribution is 4.99. The quantitative estimate of drug-likeness (QED) is 0.399. The van der Waals surface area contributed by atoms with Gasteiger partial charge >= 0.3 is 0 Å². The Kier molecular flexibility index (Phi) is 2.10. The van der Waals surface area contributed by atoms with Crippen LogP contribution in [0, 0.1) is 6.92 Å². The summed E-state index contributed by atoms with van der Waals surface area (Å²) in [6.45, 7) is 1.92. The molecule has 0 unspecified atom stereocenters. The number of nitrogens with one attached hydrogen (secondary N) is 1. The zero-order valence-electron chi connectivity index (χ0n) is 6.57. The van der Waals surface area contributed by atoms with Crippen LogP contribution in [0.3, 0.4) is 0 Å². The Balaban J connectivity index is 3.20. The van der Waals surface area contributed by atoms with Crippen molar-refractivity contribution in [3.05, 3.63) is 23.6 Å². The first-order valence-electron chi connectivity index (χ1n) is 3.25. The van der Waals surface area contributed by atoms with E-state index in [1.807, 2.05) is 6.92 Å². The minimum absolute atomic E-state index is 0.457. The van der Waals surface area contributed by atoms with Crippen molar-refractivity contribution in [1.29, 1.82) is 0 Å². The van der Waals surface area contributed by atoms with Crippen LogP contribution >= 0.6 is 0 Å². The summed E-state index contributed by atoms with van der Waals surface area (Å²) in [6, 6.07) is 0. The van der Waals surface area contributed by atoms with Crippen molar-refractivity contribution in [1.82, 2.24) is 15.1 Å². The molecule has 0 saturated carbocycles. The number of nitrogen functional groups attached to an aromatic ring is 1. The number of nitrogens with zero attached hydrogens (tertiary/aromatic N) is 3. The van der Waals surface area contributed by atoms with Crippen molar-refractivity contribution in [2.24, 2.45) is 5.10 Å². The zero-order valence-corrected chi connectivity index (χ0v) is 6.57. The molecule has 0 atom stereocenters. The van der Waals surface area contributed by atoms with Gasteiger partial charge in [-0.2, -0.15) is 0 Å². The minimum atomic E-state index is 0.457. The van der Waals surface area contributed by atoms with Gasteiger partial charge in [-0.15, -0.1) is 5.10 Å². The van der Waals surface area contributed by atoms with Crippen LogP contribution in [0.15, 0.2) is 17.5 Å². The minimum Gasteiger partial charge on any atom is -0.336 e. The molecule has 11 heavy (non-hydrogen) atoms. The van der Waals surface area contributed by atoms with Gasteiger partial charge < -0.3 is 11.3 Å². The predicted molar refractivity (Wildman–Crippen MR) is 41.7 cm³/mol. The van der Waals surface area contributed by atoms with E-state index in [9.17, 15) is 0 Å². The van der Waals surface area contributed by atoms with E-state index in [0.29, 0.717) is 5.62 Å². The van der Waals surface area contributed by atoms with E-state index in [-0.39, 0.29) is 0 Å². The summed E-state index contributed by atoms with van der Waals surface area (Å²) in [7, 11) is 1.70. The van der Waals surface area contributed by atoms with Crippen molar-refractivity contribution in [2.75, 3.05) is 12.9 Å². The average molecular weight is 153 g/mol. The van der Waals surface area contributed by atoms with Crippen molar-refractivity contribution in [3.63, 3.8) is 0 Å². The number of nitrogens with two attached hydrogens (primary N) is 1. The first-order valence-corrected chi connectivity index (χ1v) is 3.25. The van der Waals surface area contributed by atoms with E-state index >= 15 is 0 Å². The maximum Gasteiger partial charge on any atom is 0.264 e. The summed E-state index contributed by atoms with van der Waals surface area (Å²) in [4.78, 5) is 3.98. The standard InChI is InChI=1S/C6H11N5/c1-5-3-9-6(10-8-2)11(7)4-5/h3-4,8H,7H2,1-2H3/b10-6-. The number of aromatic nitrogens is 2. The molecule has 60 valence electrons. The Morgan fingerprint density at radius 2 is 2.45 bits per heavy atom. The van der Waals surface area contributed by atoms with Crippen LogP contribution in [0.4, 0.5) is 0 Å². The Bertz CT molecular complexity index is 300. The van der Waals surface area contributed by atoms with Gasteiger partial charge in [-0.3, -0.25) is 0 Å². The molecule has 1 aromatic rings. The highest BCUT2D eigenvalue weighted by atomic mass is 15.4. The van der Waals surface area contributed by atoms with Crippen LogP contribution in [0.1, 0.15) is 5.56 Å². The molecule has 0 spiro atoms. The first kappa shape index (κ1) is 7.59. The molecule has 0 aliphatic carbocycles. The van der Waals surface area contributed by atoms with Gasteiger partial charge in [0.2, 0.25) is 0 Å². The van der Waals surface area contributed by atoms with Crippen molar-refractivity contribution < 1.29 is 0 Å². The molecular weight excluding hydrogens is 142 g/mol. The molecule has 1 rings (SSSR count). The Hall–Kier alpha value is -1.52. The zero-order chi connectivity index (χ0) is 8.27. The monoisotopic (exact) mass is 153 g/mol. The Labute approximate surface area is 64.5 Å². The lowest BCUT2D eigenvalue weighted by Crippen LogP contribution is -2.31. The van der Waals surface area contributed by atoms with Gasteiger partial charge in [0.05, 0.1) is 0 Å². The smallest absolute Gasteiger partial charge is 0.264 e. The normalized spacial score (nSPS) is 11.6. The number of hydrogen-bond acceptors (Lipinski definition) is 4. The summed E-state index contributed by atoms with van der Waals surface area (Å²) in [5, 5.41) is 3.82. The highest BCUT2D eigenvalue weighted by Crippen LogP contribution is 1.84. The average Bonchev–Trinajstić information content (AvgIpc) is 1.95. The summed E-state index contributed by atoms with van der Waals surface area (Å²) in [5.41, 5.74) is 4.06. The van der Waals surface area contributed by atoms with Crippen LogP contribution in [0.2, 0.25) is 0 Å². The van der Waals surface area contributed by atoms with Gasteiger partial charge in [0, 0.05) is 19.4 Å². The lowest BCUT2D eigenvalue weighted by atomic mass is 10.4. The van der Waals surface area contributed by atoms with Gasteiger partial charge in [0.1, 0.15) is 0 Å². The molecule has 0 saturated heterocycles. The fraction of sp³-hybridized carbons (Fsp3) is 0.333. The van der Waals surface area contributed by atoms with Crippen LogP contribution in [0.5, 0.6) is 0 Å². The second-order valence-corrected chi connectivity index (χ2v) is 2.17. The predicted octanol–water partition coefficient (Wildman–Crippen LogP) is -1.06. The number of aryl methyl sites for hydroxylation is 1. The van der Waals surface area contributed by atoms with Crippen LogP contribution in [-0.2, 0) is 0 Å². The van der Waals surface area contributed by atoms with E-state index in [0.717, 1.165) is 5.56 Å². The van der Waals surface area contributed by atoms with E-state index < -0.39 is 0 Å². The summed E-state index contributed by atoms with van der Waals surface area (Å²) < 4.78 is 1.37. The lowest BCUT2D eigenvalue weighted by Gasteiger charge is -1.98. The molecule has 5 nitrogen and oxygen atoms in total. The lowest BCUT2D eigenvalue weighted by molar-refractivity contribution is 0.738. The molecule has 0 amide bonds. The third kappa shape index (κ3) is 1.70. The molecular formula is C6H11N5. The maximum atomic E-state index is 5.53. The molecule has 0 radical (unpaired) electrons. The van der Waals surface area contributed by atoms with Crippen LogP contribution in [0.25, 0.3) is 0 Å². The molecule has 0 aliphatic rings. The van der Waals surface area contributed by atoms with Crippen LogP contribution < -0.4 is 16.9 Å². The van der Waals surface area contributed by atoms with E-state index in [4.69, 9.17) is 5.84 Å². The van der Waals surface area contributed by atoms with Crippen molar-refractivity contribution >= 4 is 0 Å². The van der Waals surface area contributed by atoms with Gasteiger partial charge in [0.25, 0.3) is 5.62 Å². The molecule has 3 N–H and O–H groups in total. The summed E-state index contributed by atoms with van der Waals surface area (Å²) in [6.07, 6.45) is 3.46. The Morgan fingerprint density at radius 1 is 1.73 bits per heavy atom. The highest BCUT2D eigenvalue weighted by Gasteiger charge is 1.88. The van der Waals surface area contributed by atoms with Gasteiger partial charge in [-0.1, -0.05) is 0 Å². The molecule has 0 aromatic carbocycles. The maximum absolute atomic E-state index is 5.53. The summed E-state index contributed by atoms with van der Waals surface area (Å²) >= 11 is 0. The SMILES string of the molecule is CN/N=c1/ncc(C)cn1N. The van der Waals surface area contributed by atoms with Gasteiger partial charge in [-0.05, 0) is 12.5 Å². The first-order chi connectivity index (χ1) is 5.24. The number of hydrogen-bond donors (Lipinski definition) is 2. The molecule has 0 fully saturated rings. The molecule has 0 bridgehead atoms. The molecule has 1 heterocycles. The summed E-state index contributed by atoms with van der Waals surface area (Å²) in [5.74, 6) is 5.53. The van der Waals surface area contributed by atoms with Gasteiger partial charge in [-0.25, -0.2) is 9.66 Å². The fourth-order valence-electron chi connectivity index (χ4n) is 0.723.